The summed E-state index contributed by atoms with van der Waals surface area (Å²) in [5.74, 6) is 1.82. The van der Waals surface area contributed by atoms with E-state index in [4.69, 9.17) is 19.4 Å². The average Bonchev–Trinajstić information content (AvgIpc) is 4.10. The summed E-state index contributed by atoms with van der Waals surface area (Å²) in [4.78, 5) is 16.0. The molecule has 10 aromatic carbocycles. The third kappa shape index (κ3) is 6.18. The Bertz CT molecular complexity index is 4100. The van der Waals surface area contributed by atoms with Crippen molar-refractivity contribution in [3.8, 4) is 67.5 Å². The maximum atomic E-state index is 6.69. The number of hydrogen-bond donors (Lipinski definition) is 0. The molecule has 0 unspecified atom stereocenters. The third-order valence-corrected chi connectivity index (χ3v) is 15.3. The van der Waals surface area contributed by atoms with Crippen molar-refractivity contribution in [2.45, 2.75) is 5.41 Å². The zero-order chi connectivity index (χ0) is 45.5. The maximum Gasteiger partial charge on any atom is 0.165 e. The molecule has 0 N–H and O–H groups in total. The lowest BCUT2D eigenvalue weighted by Gasteiger charge is -2.34. The lowest BCUT2D eigenvalue weighted by Crippen LogP contribution is -2.28. The fourth-order valence-electron chi connectivity index (χ4n) is 11.0. The second-order valence-corrected chi connectivity index (χ2v) is 18.9. The molecule has 0 spiro atoms. The zero-order valence-corrected chi connectivity index (χ0v) is 38.0. The number of fused-ring (bicyclic) bond motifs is 9. The van der Waals surface area contributed by atoms with Gasteiger partial charge >= 0.3 is 0 Å². The number of nitrogens with zero attached hydrogens (tertiary/aromatic N) is 3. The first-order valence-corrected chi connectivity index (χ1v) is 24.1. The van der Waals surface area contributed by atoms with Crippen LogP contribution >= 0.6 is 11.3 Å². The van der Waals surface area contributed by atoms with Crippen molar-refractivity contribution in [3.63, 3.8) is 0 Å². The molecule has 13 aromatic rings. The number of benzene rings is 10. The maximum absolute atomic E-state index is 6.69. The van der Waals surface area contributed by atoms with Gasteiger partial charge in [0, 0.05) is 47.6 Å². The van der Waals surface area contributed by atoms with E-state index in [0.29, 0.717) is 17.5 Å². The van der Waals surface area contributed by atoms with Crippen molar-refractivity contribution in [1.82, 2.24) is 15.0 Å². The van der Waals surface area contributed by atoms with Gasteiger partial charge in [-0.3, -0.25) is 0 Å². The van der Waals surface area contributed by atoms with Gasteiger partial charge in [0.05, 0.1) is 5.41 Å². The molecule has 322 valence electrons. The highest BCUT2D eigenvalue weighted by Crippen LogP contribution is 2.57. The van der Waals surface area contributed by atoms with Gasteiger partial charge in [-0.2, -0.15) is 0 Å². The lowest BCUT2D eigenvalue weighted by atomic mass is 9.67. The fraction of sp³-hybridized carbons (Fsp3) is 0.0156. The molecular formula is C64H39N3OS. The van der Waals surface area contributed by atoms with Crippen LogP contribution in [-0.4, -0.2) is 15.0 Å². The van der Waals surface area contributed by atoms with Gasteiger partial charge in [0.25, 0.3) is 0 Å². The number of rotatable bonds is 7. The Balaban J connectivity index is 0.968. The van der Waals surface area contributed by atoms with Crippen LogP contribution in [0.25, 0.3) is 110 Å². The van der Waals surface area contributed by atoms with E-state index in [1.54, 1.807) is 11.3 Å². The second kappa shape index (κ2) is 15.7. The Labute approximate surface area is 402 Å². The van der Waals surface area contributed by atoms with Crippen molar-refractivity contribution in [2.24, 2.45) is 0 Å². The average molecular weight is 898 g/mol. The summed E-state index contributed by atoms with van der Waals surface area (Å²) >= 11 is 1.78. The molecule has 69 heavy (non-hydrogen) atoms. The quantitative estimate of drug-likeness (QED) is 0.160. The summed E-state index contributed by atoms with van der Waals surface area (Å²) in [6, 6.07) is 84.6. The van der Waals surface area contributed by atoms with Gasteiger partial charge in [-0.25, -0.2) is 15.0 Å². The van der Waals surface area contributed by atoms with E-state index in [1.165, 1.54) is 48.9 Å². The fourth-order valence-corrected chi connectivity index (χ4v) is 12.2. The van der Waals surface area contributed by atoms with Crippen LogP contribution in [0.2, 0.25) is 0 Å². The number of hydrogen-bond acceptors (Lipinski definition) is 5. The van der Waals surface area contributed by atoms with Gasteiger partial charge in [0.15, 0.2) is 17.5 Å². The molecule has 0 fully saturated rings. The molecule has 5 heteroatoms. The van der Waals surface area contributed by atoms with Crippen LogP contribution in [0.15, 0.2) is 241 Å². The molecule has 0 saturated heterocycles. The van der Waals surface area contributed by atoms with Crippen LogP contribution in [0.1, 0.15) is 22.3 Å². The Hall–Kier alpha value is -8.77. The third-order valence-electron chi connectivity index (χ3n) is 14.0. The van der Waals surface area contributed by atoms with Gasteiger partial charge < -0.3 is 4.42 Å². The van der Waals surface area contributed by atoms with Crippen molar-refractivity contribution in [2.75, 3.05) is 0 Å². The summed E-state index contributed by atoms with van der Waals surface area (Å²) in [6.07, 6.45) is 0. The Kier molecular flexibility index (Phi) is 8.95. The molecule has 0 bridgehead atoms. The number of furan rings is 1. The molecule has 0 aliphatic heterocycles. The molecule has 1 aliphatic rings. The second-order valence-electron chi connectivity index (χ2n) is 17.8. The van der Waals surface area contributed by atoms with Crippen LogP contribution < -0.4 is 0 Å². The first kappa shape index (κ1) is 39.4. The first-order chi connectivity index (χ1) is 34.2. The van der Waals surface area contributed by atoms with Gasteiger partial charge in [-0.05, 0) is 98.1 Å². The van der Waals surface area contributed by atoms with Gasteiger partial charge in [-0.1, -0.05) is 194 Å². The van der Waals surface area contributed by atoms with Crippen LogP contribution in [-0.2, 0) is 5.41 Å². The zero-order valence-electron chi connectivity index (χ0n) is 37.2. The summed E-state index contributed by atoms with van der Waals surface area (Å²) in [7, 11) is 0. The highest BCUT2D eigenvalue weighted by molar-refractivity contribution is 7.26. The predicted octanol–water partition coefficient (Wildman–Crippen LogP) is 16.8. The molecule has 1 aliphatic carbocycles. The lowest BCUT2D eigenvalue weighted by molar-refractivity contribution is 0.669. The highest BCUT2D eigenvalue weighted by atomic mass is 32.1. The molecule has 14 rings (SSSR count). The van der Waals surface area contributed by atoms with Crippen LogP contribution in [0.5, 0.6) is 0 Å². The molecule has 3 heterocycles. The molecule has 3 aromatic heterocycles. The van der Waals surface area contributed by atoms with E-state index in [-0.39, 0.29) is 0 Å². The van der Waals surface area contributed by atoms with Gasteiger partial charge in [0.2, 0.25) is 0 Å². The van der Waals surface area contributed by atoms with Crippen LogP contribution in [0, 0.1) is 0 Å². The van der Waals surface area contributed by atoms with E-state index < -0.39 is 5.41 Å². The van der Waals surface area contributed by atoms with Crippen molar-refractivity contribution < 1.29 is 4.42 Å². The van der Waals surface area contributed by atoms with Crippen molar-refractivity contribution in [3.05, 3.63) is 259 Å². The summed E-state index contributed by atoms with van der Waals surface area (Å²) in [5.41, 5.74) is 15.9. The standard InChI is InChI=1S/C64H39N3OS/c1-4-17-40(18-5-1)41-19-14-20-44(37-41)61-65-62(67-63(66-61)52-29-15-27-50-49-26-11-13-32-58(49)69-60(50)52)51-28-16-31-57-59(51)53-38-42(34-36-56(53)68-57)43-33-35-48-47-25-10-12-30-54(47)64(55(48)39-43,45-21-6-2-7-22-45)46-23-8-3-9-24-46/h1-39H. The Morgan fingerprint density at radius 2 is 0.899 bits per heavy atom. The highest BCUT2D eigenvalue weighted by Gasteiger charge is 2.46. The van der Waals surface area contributed by atoms with Gasteiger partial charge in [-0.15, -0.1) is 11.3 Å². The molecule has 0 amide bonds. The first-order valence-electron chi connectivity index (χ1n) is 23.3. The van der Waals surface area contributed by atoms with E-state index in [2.05, 4.69) is 218 Å². The van der Waals surface area contributed by atoms with Crippen LogP contribution in [0.3, 0.4) is 0 Å². The van der Waals surface area contributed by atoms with E-state index in [0.717, 1.165) is 65.6 Å². The summed E-state index contributed by atoms with van der Waals surface area (Å²) < 4.78 is 9.07. The largest absolute Gasteiger partial charge is 0.456 e. The van der Waals surface area contributed by atoms with Crippen molar-refractivity contribution >= 4 is 53.4 Å². The number of aromatic nitrogens is 3. The summed E-state index contributed by atoms with van der Waals surface area (Å²) in [6.45, 7) is 0. The van der Waals surface area contributed by atoms with E-state index in [1.807, 2.05) is 18.2 Å². The van der Waals surface area contributed by atoms with Gasteiger partial charge in [0.1, 0.15) is 11.2 Å². The SMILES string of the molecule is c1ccc(-c2cccc(-c3nc(-c4cccc5c4sc4ccccc45)nc(-c4cccc5oc6ccc(-c7ccc8c(c7)C(c7ccccc7)(c7ccccc7)c7ccccc7-8)cc6c45)n3)c2)cc1. The Morgan fingerprint density at radius 3 is 1.72 bits per heavy atom. The van der Waals surface area contributed by atoms with E-state index >= 15 is 0 Å². The van der Waals surface area contributed by atoms with Crippen LogP contribution in [0.4, 0.5) is 0 Å². The van der Waals surface area contributed by atoms with Crippen molar-refractivity contribution in [1.29, 1.82) is 0 Å². The minimum Gasteiger partial charge on any atom is -0.456 e. The number of thiophene rings is 1. The van der Waals surface area contributed by atoms with E-state index in [9.17, 15) is 0 Å². The summed E-state index contributed by atoms with van der Waals surface area (Å²) in [5, 5.41) is 4.39. The normalized spacial score (nSPS) is 12.8. The topological polar surface area (TPSA) is 51.8 Å². The molecule has 0 atom stereocenters. The molecule has 4 nitrogen and oxygen atoms in total. The molecular weight excluding hydrogens is 859 g/mol. The monoisotopic (exact) mass is 897 g/mol. The predicted molar refractivity (Wildman–Crippen MR) is 284 cm³/mol. The smallest absolute Gasteiger partial charge is 0.165 e. The molecule has 0 saturated carbocycles. The minimum absolute atomic E-state index is 0.501. The molecule has 0 radical (unpaired) electrons. The minimum atomic E-state index is -0.501. The Morgan fingerprint density at radius 1 is 0.333 bits per heavy atom.